The summed E-state index contributed by atoms with van der Waals surface area (Å²) in [5, 5.41) is 10.6. The van der Waals surface area contributed by atoms with Crippen molar-refractivity contribution in [1.82, 2.24) is 4.90 Å². The molecule has 2 N–H and O–H groups in total. The third-order valence-electron chi connectivity index (χ3n) is 4.98. The molecule has 28 heavy (non-hydrogen) atoms. The van der Waals surface area contributed by atoms with Crippen LogP contribution in [0.15, 0.2) is 56.7 Å². The summed E-state index contributed by atoms with van der Waals surface area (Å²) in [5.41, 5.74) is 2.46. The van der Waals surface area contributed by atoms with Gasteiger partial charge in [-0.15, -0.1) is 0 Å². The van der Waals surface area contributed by atoms with Crippen molar-refractivity contribution < 1.29 is 0 Å². The minimum atomic E-state index is -0.428. The predicted molar refractivity (Wildman–Crippen MR) is 119 cm³/mol. The van der Waals surface area contributed by atoms with Gasteiger partial charge in [-0.25, -0.2) is 0 Å². The van der Waals surface area contributed by atoms with Gasteiger partial charge in [0, 0.05) is 18.6 Å². The molecular formula is C22H27N3O2S. The smallest absolute Gasteiger partial charge is 0.253 e. The summed E-state index contributed by atoms with van der Waals surface area (Å²) in [7, 11) is 4.05. The van der Waals surface area contributed by atoms with Crippen LogP contribution in [0.3, 0.4) is 0 Å². The zero-order valence-corrected chi connectivity index (χ0v) is 17.4. The number of nitrogens with one attached hydrogen (secondary N) is 2. The van der Waals surface area contributed by atoms with Crippen LogP contribution in [0.4, 0.5) is 11.4 Å². The summed E-state index contributed by atoms with van der Waals surface area (Å²) < 4.78 is 0. The van der Waals surface area contributed by atoms with Gasteiger partial charge in [-0.1, -0.05) is 30.3 Å². The summed E-state index contributed by atoms with van der Waals surface area (Å²) in [5.74, 6) is 0. The summed E-state index contributed by atoms with van der Waals surface area (Å²) in [6, 6.07) is 12.6. The number of likely N-dealkylation sites (N-methyl/N-ethyl adjacent to an activating group) is 1. The van der Waals surface area contributed by atoms with Crippen LogP contribution >= 0.6 is 11.3 Å². The number of hydrogen-bond acceptors (Lipinski definition) is 6. The Morgan fingerprint density at radius 3 is 2.32 bits per heavy atom. The highest BCUT2D eigenvalue weighted by Gasteiger charge is 2.23. The van der Waals surface area contributed by atoms with E-state index in [1.807, 2.05) is 44.6 Å². The van der Waals surface area contributed by atoms with Crippen LogP contribution in [0, 0.1) is 0 Å². The molecule has 5 nitrogen and oxygen atoms in total. The Bertz CT molecular complexity index is 944. The van der Waals surface area contributed by atoms with Crippen LogP contribution in [0.25, 0.3) is 0 Å². The Kier molecular flexibility index (Phi) is 6.65. The number of benzene rings is 1. The van der Waals surface area contributed by atoms with Gasteiger partial charge in [0.05, 0.1) is 0 Å². The van der Waals surface area contributed by atoms with Crippen molar-refractivity contribution in [2.75, 3.05) is 31.3 Å². The first-order valence-corrected chi connectivity index (χ1v) is 10.4. The Labute approximate surface area is 169 Å². The lowest BCUT2D eigenvalue weighted by molar-refractivity contribution is 0.303. The van der Waals surface area contributed by atoms with Gasteiger partial charge in [0.25, 0.3) is 10.9 Å². The molecule has 0 aliphatic heterocycles. The van der Waals surface area contributed by atoms with Crippen molar-refractivity contribution in [3.63, 3.8) is 0 Å². The van der Waals surface area contributed by atoms with Crippen molar-refractivity contribution in [1.29, 1.82) is 0 Å². The second-order valence-electron chi connectivity index (χ2n) is 7.48. The van der Waals surface area contributed by atoms with E-state index in [9.17, 15) is 9.59 Å². The maximum absolute atomic E-state index is 12.1. The summed E-state index contributed by atoms with van der Waals surface area (Å²) in [6.45, 7) is 2.62. The highest BCUT2D eigenvalue weighted by Crippen LogP contribution is 2.18. The number of hydrogen-bond donors (Lipinski definition) is 2. The van der Waals surface area contributed by atoms with Gasteiger partial charge < -0.3 is 15.5 Å². The van der Waals surface area contributed by atoms with Crippen molar-refractivity contribution in [3.8, 4) is 0 Å². The fourth-order valence-corrected chi connectivity index (χ4v) is 3.98. The van der Waals surface area contributed by atoms with Crippen LogP contribution in [-0.2, 0) is 12.8 Å². The largest absolute Gasteiger partial charge is 0.378 e. The first-order valence-electron chi connectivity index (χ1n) is 9.51. The Balaban J connectivity index is 1.63. The molecule has 0 saturated heterocycles. The molecule has 1 heterocycles. The van der Waals surface area contributed by atoms with Crippen LogP contribution in [-0.4, -0.2) is 37.6 Å². The number of rotatable bonds is 10. The van der Waals surface area contributed by atoms with Crippen molar-refractivity contribution in [3.05, 3.63) is 78.7 Å². The molecule has 3 aromatic rings. The van der Waals surface area contributed by atoms with Crippen molar-refractivity contribution in [2.24, 2.45) is 0 Å². The molecule has 0 saturated carbocycles. The highest BCUT2D eigenvalue weighted by atomic mass is 32.1. The minimum Gasteiger partial charge on any atom is -0.378 e. The molecule has 1 aromatic heterocycles. The third kappa shape index (κ3) is 4.88. The monoisotopic (exact) mass is 397 g/mol. The van der Waals surface area contributed by atoms with E-state index in [1.165, 1.54) is 11.1 Å². The van der Waals surface area contributed by atoms with Gasteiger partial charge in [0.15, 0.2) is 0 Å². The third-order valence-corrected chi connectivity index (χ3v) is 5.71. The lowest BCUT2D eigenvalue weighted by atomic mass is 10.0. The van der Waals surface area contributed by atoms with E-state index in [4.69, 9.17) is 0 Å². The Morgan fingerprint density at radius 2 is 1.68 bits per heavy atom. The van der Waals surface area contributed by atoms with Gasteiger partial charge in [-0.2, -0.15) is 11.3 Å². The average Bonchev–Trinajstić information content (AvgIpc) is 3.19. The molecular weight excluding hydrogens is 370 g/mol. The number of anilines is 2. The summed E-state index contributed by atoms with van der Waals surface area (Å²) in [6.07, 6.45) is 1.68. The molecule has 148 valence electrons. The highest BCUT2D eigenvalue weighted by molar-refractivity contribution is 7.07. The summed E-state index contributed by atoms with van der Waals surface area (Å²) >= 11 is 1.66. The molecule has 0 aliphatic rings. The molecule has 2 atom stereocenters. The number of thiophene rings is 1. The maximum Gasteiger partial charge on any atom is 0.253 e. The molecule has 0 fully saturated rings. The SMILES string of the molecule is C[C@H](Cc1ccsc1)Nc1c(NC[C@H](Cc2ccccc2)N(C)C)c(=O)c1=O. The van der Waals surface area contributed by atoms with Crippen LogP contribution in [0.2, 0.25) is 0 Å². The molecule has 0 unspecified atom stereocenters. The molecule has 2 aromatic carbocycles. The van der Waals surface area contributed by atoms with E-state index >= 15 is 0 Å². The topological polar surface area (TPSA) is 61.4 Å². The maximum atomic E-state index is 12.1. The molecule has 3 rings (SSSR count). The van der Waals surface area contributed by atoms with Gasteiger partial charge >= 0.3 is 0 Å². The molecule has 0 amide bonds. The quantitative estimate of drug-likeness (QED) is 0.515. The van der Waals surface area contributed by atoms with Crippen molar-refractivity contribution >= 4 is 22.7 Å². The first kappa shape index (κ1) is 20.3. The fraction of sp³-hybridized carbons (Fsp3) is 0.364. The van der Waals surface area contributed by atoms with Gasteiger partial charge in [0.2, 0.25) is 0 Å². The van der Waals surface area contributed by atoms with Gasteiger partial charge in [-0.05, 0) is 61.8 Å². The second kappa shape index (κ2) is 9.17. The van der Waals surface area contributed by atoms with Crippen molar-refractivity contribution in [2.45, 2.75) is 31.8 Å². The van der Waals surface area contributed by atoms with Crippen LogP contribution < -0.4 is 21.5 Å². The van der Waals surface area contributed by atoms with Gasteiger partial charge in [-0.3, -0.25) is 9.59 Å². The lowest BCUT2D eigenvalue weighted by Gasteiger charge is -2.26. The Hall–Kier alpha value is -2.44. The van der Waals surface area contributed by atoms with E-state index in [2.05, 4.69) is 39.1 Å². The van der Waals surface area contributed by atoms with Gasteiger partial charge in [0.1, 0.15) is 11.4 Å². The van der Waals surface area contributed by atoms with Crippen LogP contribution in [0.5, 0.6) is 0 Å². The normalized spacial score (nSPS) is 13.6. The number of nitrogens with zero attached hydrogens (tertiary/aromatic N) is 1. The Morgan fingerprint density at radius 1 is 0.964 bits per heavy atom. The van der Waals surface area contributed by atoms with E-state index in [0.29, 0.717) is 17.9 Å². The second-order valence-corrected chi connectivity index (χ2v) is 8.26. The lowest BCUT2D eigenvalue weighted by Crippen LogP contribution is -2.43. The molecule has 0 radical (unpaired) electrons. The zero-order valence-electron chi connectivity index (χ0n) is 16.6. The van der Waals surface area contributed by atoms with E-state index < -0.39 is 10.9 Å². The average molecular weight is 398 g/mol. The molecule has 6 heteroatoms. The molecule has 0 spiro atoms. The first-order chi connectivity index (χ1) is 13.5. The van der Waals surface area contributed by atoms with E-state index in [0.717, 1.165) is 12.8 Å². The molecule has 0 aliphatic carbocycles. The zero-order chi connectivity index (χ0) is 20.1. The van der Waals surface area contributed by atoms with E-state index in [1.54, 1.807) is 11.3 Å². The summed E-state index contributed by atoms with van der Waals surface area (Å²) in [4.78, 5) is 26.3. The predicted octanol–water partition coefficient (Wildman–Crippen LogP) is 2.97. The van der Waals surface area contributed by atoms with E-state index in [-0.39, 0.29) is 12.1 Å². The standard InChI is InChI=1S/C22H27N3O2S/c1-15(11-17-9-10-28-14-17)24-20-19(21(26)22(20)27)23-13-18(25(2)3)12-16-7-5-4-6-8-16/h4-10,14-15,18,23-24H,11-13H2,1-3H3/t15-,18+/m1/s1. The molecule has 0 bridgehead atoms. The fourth-order valence-electron chi connectivity index (χ4n) is 3.30. The van der Waals surface area contributed by atoms with Crippen LogP contribution in [0.1, 0.15) is 18.1 Å². The minimum absolute atomic E-state index is 0.0763.